The number of nitro groups is 1. The first-order chi connectivity index (χ1) is 15.7. The van der Waals surface area contributed by atoms with E-state index in [0.29, 0.717) is 0 Å². The van der Waals surface area contributed by atoms with Gasteiger partial charge in [-0.2, -0.15) is 13.2 Å². The number of hydrogen-bond donors (Lipinski definition) is 1. The van der Waals surface area contributed by atoms with Crippen molar-refractivity contribution in [3.05, 3.63) is 99.2 Å². The lowest BCUT2D eigenvalue weighted by Gasteiger charge is -2.31. The van der Waals surface area contributed by atoms with E-state index in [1.807, 2.05) is 0 Å². The highest BCUT2D eigenvalue weighted by atomic mass is 19.4. The molecule has 0 bridgehead atoms. The zero-order chi connectivity index (χ0) is 23.8. The van der Waals surface area contributed by atoms with Gasteiger partial charge < -0.3 is 10.0 Å². The third-order valence-corrected chi connectivity index (χ3v) is 5.26. The molecule has 0 spiro atoms. The number of aliphatic hydroxyl groups excluding tert-OH is 1. The molecule has 4 rings (SSSR count). The van der Waals surface area contributed by atoms with Crippen molar-refractivity contribution in [2.45, 2.75) is 12.6 Å². The molecule has 2 aromatic carbocycles. The van der Waals surface area contributed by atoms with Crippen LogP contribution in [0.5, 0.6) is 0 Å². The number of carbonyl (C=O) groups is 1. The van der Waals surface area contributed by atoms with Gasteiger partial charge in [0.05, 0.1) is 28.2 Å². The second-order valence-corrected chi connectivity index (χ2v) is 7.32. The number of alkyl halides is 3. The van der Waals surface area contributed by atoms with Gasteiger partial charge >= 0.3 is 6.18 Å². The number of para-hydroxylation sites is 1. The molecule has 3 aromatic rings. The number of carbonyl (C=O) groups excluding carboxylic acids is 1. The summed E-state index contributed by atoms with van der Waals surface area (Å²) in [6.07, 6.45) is -3.50. The fourth-order valence-electron chi connectivity index (χ4n) is 3.67. The highest BCUT2D eigenvalue weighted by molar-refractivity contribution is 6.06. The van der Waals surface area contributed by atoms with Gasteiger partial charge in [-0.25, -0.2) is 4.98 Å². The second kappa shape index (κ2) is 8.38. The lowest BCUT2D eigenvalue weighted by Crippen LogP contribution is -2.30. The summed E-state index contributed by atoms with van der Waals surface area (Å²) in [6, 6.07) is 13.3. The molecule has 10 heteroatoms. The number of nitro benzene ring substituents is 1. The van der Waals surface area contributed by atoms with Crippen LogP contribution in [0.1, 0.15) is 16.7 Å². The molecule has 1 aliphatic rings. The molecule has 1 aromatic heterocycles. The number of pyridine rings is 1. The topological polar surface area (TPSA) is 96.6 Å². The van der Waals surface area contributed by atoms with Crippen LogP contribution in [0.3, 0.4) is 0 Å². The van der Waals surface area contributed by atoms with E-state index in [1.165, 1.54) is 53.6 Å². The van der Waals surface area contributed by atoms with Gasteiger partial charge in [0.15, 0.2) is 5.78 Å². The Labute approximate surface area is 185 Å². The van der Waals surface area contributed by atoms with Gasteiger partial charge in [-0.05, 0) is 30.3 Å². The Hall–Kier alpha value is -4.21. The van der Waals surface area contributed by atoms with Crippen molar-refractivity contribution in [3.8, 4) is 0 Å². The van der Waals surface area contributed by atoms with E-state index in [4.69, 9.17) is 0 Å². The van der Waals surface area contributed by atoms with E-state index in [1.54, 1.807) is 6.07 Å². The average Bonchev–Trinajstić information content (AvgIpc) is 2.79. The van der Waals surface area contributed by atoms with Crippen molar-refractivity contribution >= 4 is 28.7 Å². The lowest BCUT2D eigenvalue weighted by atomic mass is 9.95. The third-order valence-electron chi connectivity index (χ3n) is 5.26. The number of anilines is 2. The van der Waals surface area contributed by atoms with Gasteiger partial charge in [0.25, 0.3) is 5.69 Å². The Bertz CT molecular complexity index is 1290. The zero-order valence-electron chi connectivity index (χ0n) is 16.9. The van der Waals surface area contributed by atoms with Crippen LogP contribution in [0, 0.1) is 10.1 Å². The molecule has 0 saturated heterocycles. The molecule has 0 aliphatic carbocycles. The van der Waals surface area contributed by atoms with Crippen molar-refractivity contribution < 1.29 is 28.0 Å². The molecular formula is C23H16F3N3O4. The summed E-state index contributed by atoms with van der Waals surface area (Å²) < 4.78 is 39.8. The van der Waals surface area contributed by atoms with Crippen LogP contribution in [0.2, 0.25) is 0 Å². The summed E-state index contributed by atoms with van der Waals surface area (Å²) in [7, 11) is 0. The monoisotopic (exact) mass is 455 g/mol. The number of fused-ring (bicyclic) bond motifs is 1. The summed E-state index contributed by atoms with van der Waals surface area (Å²) >= 11 is 0. The van der Waals surface area contributed by atoms with E-state index in [2.05, 4.69) is 4.98 Å². The van der Waals surface area contributed by atoms with Crippen molar-refractivity contribution in [2.75, 3.05) is 11.4 Å². The summed E-state index contributed by atoms with van der Waals surface area (Å²) in [5, 5.41) is 22.1. The summed E-state index contributed by atoms with van der Waals surface area (Å²) in [5.74, 6) is -0.755. The summed E-state index contributed by atoms with van der Waals surface area (Å²) in [5.41, 5.74) is -0.718. The molecule has 2 heterocycles. The molecule has 168 valence electrons. The molecule has 0 radical (unpaired) electrons. The quantitative estimate of drug-likeness (QED) is 0.417. The van der Waals surface area contributed by atoms with E-state index >= 15 is 0 Å². The third kappa shape index (κ3) is 4.27. The van der Waals surface area contributed by atoms with E-state index < -0.39 is 22.4 Å². The highest BCUT2D eigenvalue weighted by Crippen LogP contribution is 2.39. The van der Waals surface area contributed by atoms with Crippen molar-refractivity contribution in [1.29, 1.82) is 0 Å². The average molecular weight is 455 g/mol. The van der Waals surface area contributed by atoms with Crippen LogP contribution >= 0.6 is 0 Å². The number of ketones is 1. The zero-order valence-corrected chi connectivity index (χ0v) is 16.9. The lowest BCUT2D eigenvalue weighted by molar-refractivity contribution is -0.385. The SMILES string of the molecule is O=C(Cc1ccccc1[N+](=O)[O-])C1=C(O)c2cccnc2N(c2cccc(C(F)(F)F)c2)C1. The Morgan fingerprint density at radius 1 is 1.12 bits per heavy atom. The Balaban J connectivity index is 1.75. The number of rotatable bonds is 5. The first-order valence-electron chi connectivity index (χ1n) is 9.74. The Kier molecular flexibility index (Phi) is 5.59. The number of aromatic nitrogens is 1. The van der Waals surface area contributed by atoms with E-state index in [0.717, 1.165) is 12.1 Å². The fourth-order valence-corrected chi connectivity index (χ4v) is 3.67. The van der Waals surface area contributed by atoms with Gasteiger partial charge in [0.2, 0.25) is 0 Å². The number of aliphatic hydroxyl groups is 1. The van der Waals surface area contributed by atoms with Crippen LogP contribution in [0.25, 0.3) is 5.76 Å². The van der Waals surface area contributed by atoms with Crippen LogP contribution in [0.15, 0.2) is 72.4 Å². The van der Waals surface area contributed by atoms with Crippen LogP contribution in [0.4, 0.5) is 30.4 Å². The smallest absolute Gasteiger partial charge is 0.416 e. The maximum Gasteiger partial charge on any atom is 0.416 e. The van der Waals surface area contributed by atoms with Crippen LogP contribution in [-0.2, 0) is 17.4 Å². The fraction of sp³-hybridized carbons (Fsp3) is 0.130. The highest BCUT2D eigenvalue weighted by Gasteiger charge is 2.34. The molecular weight excluding hydrogens is 439 g/mol. The van der Waals surface area contributed by atoms with Crippen LogP contribution < -0.4 is 4.90 Å². The summed E-state index contributed by atoms with van der Waals surface area (Å²) in [6.45, 7) is -0.253. The molecule has 0 saturated carbocycles. The van der Waals surface area contributed by atoms with Gasteiger partial charge in [-0.1, -0.05) is 24.3 Å². The summed E-state index contributed by atoms with van der Waals surface area (Å²) in [4.78, 5) is 29.4. The molecule has 7 nitrogen and oxygen atoms in total. The van der Waals surface area contributed by atoms with E-state index in [9.17, 15) is 33.2 Å². The van der Waals surface area contributed by atoms with Gasteiger partial charge in [-0.3, -0.25) is 14.9 Å². The molecule has 0 atom stereocenters. The molecule has 0 amide bonds. The largest absolute Gasteiger partial charge is 0.507 e. The van der Waals surface area contributed by atoms with Crippen molar-refractivity contribution in [3.63, 3.8) is 0 Å². The van der Waals surface area contributed by atoms with Gasteiger partial charge in [0, 0.05) is 29.9 Å². The first kappa shape index (κ1) is 22.0. The number of benzene rings is 2. The number of hydrogen-bond acceptors (Lipinski definition) is 6. The van der Waals surface area contributed by atoms with Crippen LogP contribution in [-0.4, -0.2) is 27.3 Å². The minimum Gasteiger partial charge on any atom is -0.507 e. The standard InChI is InChI=1S/C23H16F3N3O4/c24-23(25,26)15-6-3-7-16(12-15)28-13-18(21(31)17-8-4-10-27-22(17)28)20(30)11-14-5-1-2-9-19(14)29(32)33/h1-10,12,31H,11,13H2. The number of Topliss-reactive ketones (excluding diaryl/α,β-unsaturated/α-hetero) is 1. The molecule has 0 fully saturated rings. The molecule has 0 unspecified atom stereocenters. The molecule has 1 aliphatic heterocycles. The molecule has 1 N–H and O–H groups in total. The molecule has 33 heavy (non-hydrogen) atoms. The minimum absolute atomic E-state index is 0.0777. The van der Waals surface area contributed by atoms with E-state index in [-0.39, 0.29) is 52.6 Å². The maximum atomic E-state index is 13.3. The Morgan fingerprint density at radius 2 is 1.88 bits per heavy atom. The minimum atomic E-state index is -4.57. The first-order valence-corrected chi connectivity index (χ1v) is 9.74. The predicted molar refractivity (Wildman–Crippen MR) is 114 cm³/mol. The van der Waals surface area contributed by atoms with Crippen molar-refractivity contribution in [1.82, 2.24) is 4.98 Å². The van der Waals surface area contributed by atoms with Gasteiger partial charge in [0.1, 0.15) is 11.6 Å². The second-order valence-electron chi connectivity index (χ2n) is 7.32. The van der Waals surface area contributed by atoms with Crippen molar-refractivity contribution in [2.24, 2.45) is 0 Å². The number of nitrogens with zero attached hydrogens (tertiary/aromatic N) is 3. The van der Waals surface area contributed by atoms with Gasteiger partial charge in [-0.15, -0.1) is 0 Å². The number of halogens is 3. The maximum absolute atomic E-state index is 13.3. The predicted octanol–water partition coefficient (Wildman–Crippen LogP) is 5.24. The Morgan fingerprint density at radius 3 is 2.61 bits per heavy atom. The normalized spacial score (nSPS) is 13.6.